The molecule has 2 rings (SSSR count). The second kappa shape index (κ2) is 6.06. The molecule has 0 saturated carbocycles. The molecule has 19 heavy (non-hydrogen) atoms. The van der Waals surface area contributed by atoms with Crippen LogP contribution in [0.15, 0.2) is 10.6 Å². The van der Waals surface area contributed by atoms with Gasteiger partial charge < -0.3 is 14.7 Å². The van der Waals surface area contributed by atoms with E-state index in [0.29, 0.717) is 30.1 Å². The third-order valence-electron chi connectivity index (χ3n) is 3.47. The van der Waals surface area contributed by atoms with Gasteiger partial charge in [0.1, 0.15) is 5.76 Å². The van der Waals surface area contributed by atoms with E-state index in [0.717, 1.165) is 19.5 Å². The van der Waals surface area contributed by atoms with Gasteiger partial charge in [-0.2, -0.15) is 0 Å². The molecular formula is C13H22N4O2. The van der Waals surface area contributed by atoms with Gasteiger partial charge in [0.15, 0.2) is 5.82 Å². The van der Waals surface area contributed by atoms with Crippen molar-refractivity contribution in [2.45, 2.75) is 33.2 Å². The van der Waals surface area contributed by atoms with Crippen LogP contribution in [0.2, 0.25) is 0 Å². The highest BCUT2D eigenvalue weighted by Gasteiger charge is 2.24. The Hall–Kier alpha value is -1.56. The van der Waals surface area contributed by atoms with Gasteiger partial charge in [-0.05, 0) is 39.7 Å². The summed E-state index contributed by atoms with van der Waals surface area (Å²) in [6.07, 6.45) is 1.14. The molecule has 6 heteroatoms. The Kier molecular flexibility index (Phi) is 4.42. The molecular weight excluding hydrogens is 244 g/mol. The number of carbonyl (C=O) groups excluding carboxylic acids is 1. The number of amides is 2. The van der Waals surface area contributed by atoms with E-state index in [4.69, 9.17) is 4.52 Å². The van der Waals surface area contributed by atoms with Crippen molar-refractivity contribution in [2.24, 2.45) is 5.92 Å². The number of aryl methyl sites for hydroxylation is 1. The van der Waals surface area contributed by atoms with Gasteiger partial charge in [0.05, 0.1) is 0 Å². The van der Waals surface area contributed by atoms with Crippen molar-refractivity contribution in [3.05, 3.63) is 11.8 Å². The standard InChI is InChI=1S/C13H22N4O2/c1-9(2)17-5-4-11(8-17)7-14-13(18)15-12-6-10(3)19-16-12/h6,9,11H,4-5,7-8H2,1-3H3,(H2,14,15,16,18)/t11-/m0/s1. The maximum Gasteiger partial charge on any atom is 0.320 e. The van der Waals surface area contributed by atoms with Gasteiger partial charge in [-0.15, -0.1) is 0 Å². The Morgan fingerprint density at radius 1 is 1.63 bits per heavy atom. The molecule has 2 heterocycles. The van der Waals surface area contributed by atoms with Crippen LogP contribution in [0.25, 0.3) is 0 Å². The van der Waals surface area contributed by atoms with E-state index in [9.17, 15) is 4.79 Å². The summed E-state index contributed by atoms with van der Waals surface area (Å²) in [5, 5.41) is 9.25. The van der Waals surface area contributed by atoms with Crippen molar-refractivity contribution in [3.63, 3.8) is 0 Å². The summed E-state index contributed by atoms with van der Waals surface area (Å²) in [6, 6.07) is 2.04. The lowest BCUT2D eigenvalue weighted by molar-refractivity contribution is 0.247. The van der Waals surface area contributed by atoms with Crippen LogP contribution in [-0.4, -0.2) is 41.8 Å². The molecule has 2 N–H and O–H groups in total. The van der Waals surface area contributed by atoms with E-state index in [-0.39, 0.29) is 6.03 Å². The predicted molar refractivity (Wildman–Crippen MR) is 73.1 cm³/mol. The van der Waals surface area contributed by atoms with Gasteiger partial charge >= 0.3 is 6.03 Å². The van der Waals surface area contributed by atoms with Crippen molar-refractivity contribution in [3.8, 4) is 0 Å². The molecule has 0 unspecified atom stereocenters. The molecule has 2 amide bonds. The van der Waals surface area contributed by atoms with E-state index in [1.54, 1.807) is 13.0 Å². The molecule has 1 fully saturated rings. The summed E-state index contributed by atoms with van der Waals surface area (Å²) >= 11 is 0. The largest absolute Gasteiger partial charge is 0.360 e. The molecule has 0 aromatic carbocycles. The van der Waals surface area contributed by atoms with Gasteiger partial charge in [-0.3, -0.25) is 5.32 Å². The van der Waals surface area contributed by atoms with Crippen LogP contribution in [0.4, 0.5) is 10.6 Å². The van der Waals surface area contributed by atoms with Crippen LogP contribution in [-0.2, 0) is 0 Å². The SMILES string of the molecule is Cc1cc(NC(=O)NC[C@@H]2CCN(C(C)C)C2)no1. The smallest absolute Gasteiger partial charge is 0.320 e. The molecule has 0 radical (unpaired) electrons. The van der Waals surface area contributed by atoms with E-state index in [1.165, 1.54) is 0 Å². The first kappa shape index (κ1) is 13.9. The molecule has 0 bridgehead atoms. The fraction of sp³-hybridized carbons (Fsp3) is 0.692. The Balaban J connectivity index is 1.70. The quantitative estimate of drug-likeness (QED) is 0.872. The Morgan fingerprint density at radius 2 is 2.42 bits per heavy atom. The fourth-order valence-corrected chi connectivity index (χ4v) is 2.32. The number of carbonyl (C=O) groups is 1. The van der Waals surface area contributed by atoms with Crippen LogP contribution >= 0.6 is 0 Å². The molecule has 1 atom stereocenters. The number of nitrogens with zero attached hydrogens (tertiary/aromatic N) is 2. The number of aromatic nitrogens is 1. The summed E-state index contributed by atoms with van der Waals surface area (Å²) in [5.74, 6) is 1.66. The van der Waals surface area contributed by atoms with Crippen molar-refractivity contribution in [2.75, 3.05) is 25.0 Å². The lowest BCUT2D eigenvalue weighted by Gasteiger charge is -2.20. The molecule has 1 saturated heterocycles. The zero-order chi connectivity index (χ0) is 13.8. The number of anilines is 1. The first-order valence-electron chi connectivity index (χ1n) is 6.77. The minimum Gasteiger partial charge on any atom is -0.360 e. The average Bonchev–Trinajstić information content (AvgIpc) is 2.96. The summed E-state index contributed by atoms with van der Waals surface area (Å²) in [5.41, 5.74) is 0. The topological polar surface area (TPSA) is 70.4 Å². The van der Waals surface area contributed by atoms with Crippen LogP contribution in [0.3, 0.4) is 0 Å². The molecule has 6 nitrogen and oxygen atoms in total. The van der Waals surface area contributed by atoms with Crippen LogP contribution in [0, 0.1) is 12.8 Å². The molecule has 106 valence electrons. The zero-order valence-corrected chi connectivity index (χ0v) is 11.8. The Bertz CT molecular complexity index is 430. The maximum atomic E-state index is 11.7. The van der Waals surface area contributed by atoms with E-state index < -0.39 is 0 Å². The Morgan fingerprint density at radius 3 is 3.00 bits per heavy atom. The van der Waals surface area contributed by atoms with E-state index >= 15 is 0 Å². The fourth-order valence-electron chi connectivity index (χ4n) is 2.32. The second-order valence-electron chi connectivity index (χ2n) is 5.40. The molecule has 1 aromatic heterocycles. The number of rotatable bonds is 4. The van der Waals surface area contributed by atoms with Crippen molar-refractivity contribution in [1.29, 1.82) is 0 Å². The van der Waals surface area contributed by atoms with Gasteiger partial charge in [-0.1, -0.05) is 5.16 Å². The third kappa shape index (κ3) is 3.96. The van der Waals surface area contributed by atoms with Gasteiger partial charge in [0, 0.05) is 25.2 Å². The lowest BCUT2D eigenvalue weighted by atomic mass is 10.1. The number of hydrogen-bond donors (Lipinski definition) is 2. The van der Waals surface area contributed by atoms with Crippen molar-refractivity contribution < 1.29 is 9.32 Å². The normalized spacial score (nSPS) is 19.9. The minimum absolute atomic E-state index is 0.226. The molecule has 0 aliphatic carbocycles. The maximum absolute atomic E-state index is 11.7. The van der Waals surface area contributed by atoms with Crippen LogP contribution in [0.1, 0.15) is 26.0 Å². The molecule has 0 spiro atoms. The summed E-state index contributed by atoms with van der Waals surface area (Å²) in [4.78, 5) is 14.1. The van der Waals surface area contributed by atoms with Crippen molar-refractivity contribution in [1.82, 2.24) is 15.4 Å². The van der Waals surface area contributed by atoms with Crippen LogP contribution in [0.5, 0.6) is 0 Å². The zero-order valence-electron chi connectivity index (χ0n) is 11.8. The average molecular weight is 266 g/mol. The van der Waals surface area contributed by atoms with Gasteiger partial charge in [-0.25, -0.2) is 4.79 Å². The first-order valence-corrected chi connectivity index (χ1v) is 6.77. The summed E-state index contributed by atoms with van der Waals surface area (Å²) < 4.78 is 4.88. The van der Waals surface area contributed by atoms with E-state index in [2.05, 4.69) is 34.5 Å². The molecule has 1 aliphatic heterocycles. The minimum atomic E-state index is -0.226. The number of hydrogen-bond acceptors (Lipinski definition) is 4. The highest BCUT2D eigenvalue weighted by Crippen LogP contribution is 2.17. The second-order valence-corrected chi connectivity index (χ2v) is 5.40. The molecule has 1 aromatic rings. The monoisotopic (exact) mass is 266 g/mol. The number of likely N-dealkylation sites (tertiary alicyclic amines) is 1. The summed E-state index contributed by atoms with van der Waals surface area (Å²) in [7, 11) is 0. The van der Waals surface area contributed by atoms with Gasteiger partial charge in [0.2, 0.25) is 0 Å². The number of urea groups is 1. The van der Waals surface area contributed by atoms with E-state index in [1.807, 2.05) is 0 Å². The highest BCUT2D eigenvalue weighted by molar-refractivity contribution is 5.88. The first-order chi connectivity index (χ1) is 9.04. The predicted octanol–water partition coefficient (Wildman–Crippen LogP) is 1.83. The summed E-state index contributed by atoms with van der Waals surface area (Å²) in [6.45, 7) is 9.07. The van der Waals surface area contributed by atoms with Gasteiger partial charge in [0.25, 0.3) is 0 Å². The highest BCUT2D eigenvalue weighted by atomic mass is 16.5. The third-order valence-corrected chi connectivity index (χ3v) is 3.47. The van der Waals surface area contributed by atoms with Crippen molar-refractivity contribution >= 4 is 11.8 Å². The lowest BCUT2D eigenvalue weighted by Crippen LogP contribution is -2.35. The van der Waals surface area contributed by atoms with Crippen LogP contribution < -0.4 is 10.6 Å². The molecule has 1 aliphatic rings. The number of nitrogens with one attached hydrogen (secondary N) is 2. The Labute approximate surface area is 113 Å².